The third-order valence-corrected chi connectivity index (χ3v) is 2.29. The molecular weight excluding hydrogens is 236 g/mol. The fourth-order valence-corrected chi connectivity index (χ4v) is 1.65. The summed E-state index contributed by atoms with van der Waals surface area (Å²) in [6.07, 6.45) is 1.89. The van der Waals surface area contributed by atoms with Crippen LogP contribution in [0.15, 0.2) is 10.7 Å². The molecule has 0 saturated carbocycles. The van der Waals surface area contributed by atoms with Gasteiger partial charge < -0.3 is 9.90 Å². The molecule has 0 aromatic carbocycles. The predicted octanol–water partition coefficient (Wildman–Crippen LogP) is 1.29. The molecule has 1 heterocycles. The minimum atomic E-state index is -1.09. The molecule has 0 aliphatic rings. The van der Waals surface area contributed by atoms with E-state index in [-0.39, 0.29) is 0 Å². The Morgan fingerprint density at radius 1 is 1.85 bits per heavy atom. The zero-order valence-corrected chi connectivity index (χ0v) is 8.86. The smallest absolute Gasteiger partial charge is 0.154 e. The number of aromatic nitrogens is 2. The topological polar surface area (TPSA) is 55.1 Å². The molecule has 1 N–H and O–H groups in total. The van der Waals surface area contributed by atoms with Gasteiger partial charge >= 0.3 is 0 Å². The third-order valence-electron chi connectivity index (χ3n) is 1.68. The maximum absolute atomic E-state index is 10.4. The molecule has 0 amide bonds. The van der Waals surface area contributed by atoms with Crippen LogP contribution in [0.4, 0.5) is 0 Å². The molecule has 5 heteroatoms. The van der Waals surface area contributed by atoms with Gasteiger partial charge in [0.1, 0.15) is 0 Å². The van der Waals surface area contributed by atoms with Crippen molar-refractivity contribution < 1.29 is 9.90 Å². The van der Waals surface area contributed by atoms with Crippen LogP contribution in [0, 0.1) is 0 Å². The average molecular weight is 247 g/mol. The van der Waals surface area contributed by atoms with Gasteiger partial charge in [-0.05, 0) is 22.4 Å². The Morgan fingerprint density at radius 2 is 2.54 bits per heavy atom. The summed E-state index contributed by atoms with van der Waals surface area (Å²) >= 11 is 3.23. The SMILES string of the molecule is CCCn1ncc(Br)c1C(O)C=O. The molecule has 1 rings (SSSR count). The van der Waals surface area contributed by atoms with E-state index in [1.807, 2.05) is 6.92 Å². The van der Waals surface area contributed by atoms with E-state index >= 15 is 0 Å². The Labute approximate surface area is 84.7 Å². The maximum Gasteiger partial charge on any atom is 0.154 e. The number of hydrogen-bond acceptors (Lipinski definition) is 3. The van der Waals surface area contributed by atoms with Gasteiger partial charge in [-0.1, -0.05) is 6.92 Å². The van der Waals surface area contributed by atoms with Gasteiger partial charge in [0.2, 0.25) is 0 Å². The van der Waals surface area contributed by atoms with Gasteiger partial charge in [-0.2, -0.15) is 5.10 Å². The monoisotopic (exact) mass is 246 g/mol. The summed E-state index contributed by atoms with van der Waals surface area (Å²) in [5, 5.41) is 13.4. The minimum Gasteiger partial charge on any atom is -0.379 e. The lowest BCUT2D eigenvalue weighted by atomic mass is 10.3. The lowest BCUT2D eigenvalue weighted by Gasteiger charge is -2.07. The van der Waals surface area contributed by atoms with Gasteiger partial charge in [0.15, 0.2) is 12.4 Å². The maximum atomic E-state index is 10.4. The summed E-state index contributed by atoms with van der Waals surface area (Å²) < 4.78 is 2.30. The van der Waals surface area contributed by atoms with Crippen molar-refractivity contribution in [3.8, 4) is 0 Å². The van der Waals surface area contributed by atoms with Gasteiger partial charge in [0.05, 0.1) is 16.4 Å². The number of carbonyl (C=O) groups is 1. The molecular formula is C8H11BrN2O2. The second kappa shape index (κ2) is 4.53. The molecule has 1 unspecified atom stereocenters. The first kappa shape index (κ1) is 10.4. The first-order chi connectivity index (χ1) is 6.20. The predicted molar refractivity (Wildman–Crippen MR) is 51.2 cm³/mol. The number of nitrogens with zero attached hydrogens (tertiary/aromatic N) is 2. The first-order valence-corrected chi connectivity index (χ1v) is 4.84. The Bertz CT molecular complexity index is 298. The quantitative estimate of drug-likeness (QED) is 0.815. The van der Waals surface area contributed by atoms with Crippen molar-refractivity contribution in [3.63, 3.8) is 0 Å². The van der Waals surface area contributed by atoms with Crippen molar-refractivity contribution in [2.45, 2.75) is 26.0 Å². The van der Waals surface area contributed by atoms with Crippen molar-refractivity contribution >= 4 is 22.2 Å². The molecule has 0 saturated heterocycles. The highest BCUT2D eigenvalue weighted by atomic mass is 79.9. The van der Waals surface area contributed by atoms with E-state index in [0.717, 1.165) is 6.42 Å². The van der Waals surface area contributed by atoms with Gasteiger partial charge in [-0.15, -0.1) is 0 Å². The largest absolute Gasteiger partial charge is 0.379 e. The van der Waals surface area contributed by atoms with Crippen LogP contribution < -0.4 is 0 Å². The van der Waals surface area contributed by atoms with Crippen LogP contribution in [0.5, 0.6) is 0 Å². The van der Waals surface area contributed by atoms with Crippen molar-refractivity contribution in [2.24, 2.45) is 0 Å². The Kier molecular flexibility index (Phi) is 3.62. The highest BCUT2D eigenvalue weighted by molar-refractivity contribution is 9.10. The van der Waals surface area contributed by atoms with Crippen LogP contribution in [-0.4, -0.2) is 21.2 Å². The Morgan fingerprint density at radius 3 is 3.08 bits per heavy atom. The molecule has 1 atom stereocenters. The lowest BCUT2D eigenvalue weighted by molar-refractivity contribution is -0.115. The summed E-state index contributed by atoms with van der Waals surface area (Å²) in [6.45, 7) is 2.71. The summed E-state index contributed by atoms with van der Waals surface area (Å²) in [4.78, 5) is 10.4. The van der Waals surface area contributed by atoms with Crippen LogP contribution in [0.3, 0.4) is 0 Å². The van der Waals surface area contributed by atoms with Crippen molar-refractivity contribution in [2.75, 3.05) is 0 Å². The van der Waals surface area contributed by atoms with Crippen molar-refractivity contribution in [3.05, 3.63) is 16.4 Å². The number of hydrogen-bond donors (Lipinski definition) is 1. The van der Waals surface area contributed by atoms with E-state index in [4.69, 9.17) is 0 Å². The van der Waals surface area contributed by atoms with Crippen LogP contribution >= 0.6 is 15.9 Å². The second-order valence-corrected chi connectivity index (χ2v) is 3.54. The molecule has 1 aromatic heterocycles. The number of aliphatic hydroxyl groups is 1. The highest BCUT2D eigenvalue weighted by Crippen LogP contribution is 2.22. The summed E-state index contributed by atoms with van der Waals surface area (Å²) in [6, 6.07) is 0. The van der Waals surface area contributed by atoms with Gasteiger partial charge in [0, 0.05) is 6.54 Å². The van der Waals surface area contributed by atoms with E-state index in [2.05, 4.69) is 21.0 Å². The fourth-order valence-electron chi connectivity index (χ4n) is 1.12. The molecule has 0 spiro atoms. The van der Waals surface area contributed by atoms with E-state index in [1.54, 1.807) is 10.9 Å². The van der Waals surface area contributed by atoms with Gasteiger partial charge in [-0.3, -0.25) is 4.68 Å². The molecule has 0 bridgehead atoms. The molecule has 0 fully saturated rings. The molecule has 72 valence electrons. The number of carbonyl (C=O) groups excluding carboxylic acids is 1. The minimum absolute atomic E-state index is 0.494. The summed E-state index contributed by atoms with van der Waals surface area (Å²) in [7, 11) is 0. The zero-order valence-electron chi connectivity index (χ0n) is 7.27. The Hall–Kier alpha value is -0.680. The van der Waals surface area contributed by atoms with Crippen LogP contribution in [0.2, 0.25) is 0 Å². The third kappa shape index (κ3) is 2.16. The number of aliphatic hydroxyl groups excluding tert-OH is 1. The van der Waals surface area contributed by atoms with Crippen molar-refractivity contribution in [1.82, 2.24) is 9.78 Å². The van der Waals surface area contributed by atoms with E-state index in [0.29, 0.717) is 23.0 Å². The van der Waals surface area contributed by atoms with E-state index < -0.39 is 6.10 Å². The molecule has 0 aliphatic carbocycles. The van der Waals surface area contributed by atoms with Crippen LogP contribution in [0.25, 0.3) is 0 Å². The first-order valence-electron chi connectivity index (χ1n) is 4.05. The molecule has 0 radical (unpaired) electrons. The lowest BCUT2D eigenvalue weighted by Crippen LogP contribution is -2.10. The zero-order chi connectivity index (χ0) is 9.84. The highest BCUT2D eigenvalue weighted by Gasteiger charge is 2.16. The molecule has 0 aliphatic heterocycles. The summed E-state index contributed by atoms with van der Waals surface area (Å²) in [5.41, 5.74) is 0.525. The number of halogens is 1. The number of aryl methyl sites for hydroxylation is 1. The molecule has 4 nitrogen and oxygen atoms in total. The van der Waals surface area contributed by atoms with Crippen molar-refractivity contribution in [1.29, 1.82) is 0 Å². The fraction of sp³-hybridized carbons (Fsp3) is 0.500. The van der Waals surface area contributed by atoms with E-state index in [9.17, 15) is 9.90 Å². The number of rotatable bonds is 4. The molecule has 1 aromatic rings. The van der Waals surface area contributed by atoms with Gasteiger partial charge in [-0.25, -0.2) is 0 Å². The Balaban J connectivity index is 3.00. The number of aldehydes is 1. The van der Waals surface area contributed by atoms with Crippen LogP contribution in [0.1, 0.15) is 25.1 Å². The summed E-state index contributed by atoms with van der Waals surface area (Å²) in [5.74, 6) is 0. The van der Waals surface area contributed by atoms with Crippen LogP contribution in [-0.2, 0) is 11.3 Å². The normalized spacial score (nSPS) is 12.8. The van der Waals surface area contributed by atoms with Gasteiger partial charge in [0.25, 0.3) is 0 Å². The van der Waals surface area contributed by atoms with E-state index in [1.165, 1.54) is 0 Å². The second-order valence-electron chi connectivity index (χ2n) is 2.68. The average Bonchev–Trinajstić information content (AvgIpc) is 2.47. The standard InChI is InChI=1S/C8H11BrN2O2/c1-2-3-11-8(7(13)5-12)6(9)4-10-11/h4-5,7,13H,2-3H2,1H3. The molecule has 13 heavy (non-hydrogen) atoms.